The first-order valence-corrected chi connectivity index (χ1v) is 12.7. The third kappa shape index (κ3) is 6.62. The number of carbonyl (C=O) groups excluding carboxylic acids is 1. The van der Waals surface area contributed by atoms with Gasteiger partial charge < -0.3 is 10.2 Å². The van der Waals surface area contributed by atoms with Crippen molar-refractivity contribution in [3.63, 3.8) is 0 Å². The molecule has 0 aromatic heterocycles. The van der Waals surface area contributed by atoms with Gasteiger partial charge in [0.1, 0.15) is 0 Å². The maximum Gasteiger partial charge on any atom is 0.251 e. The van der Waals surface area contributed by atoms with Gasteiger partial charge in [-0.25, -0.2) is 13.1 Å². The first-order chi connectivity index (χ1) is 15.3. The predicted octanol–water partition coefficient (Wildman–Crippen LogP) is 2.48. The molecule has 32 heavy (non-hydrogen) atoms. The summed E-state index contributed by atoms with van der Waals surface area (Å²) in [6.07, 6.45) is 0.702. The lowest BCUT2D eigenvalue weighted by molar-refractivity contribution is 0.0907. The van der Waals surface area contributed by atoms with Crippen LogP contribution in [0, 0.1) is 0 Å². The molecule has 1 fully saturated rings. The van der Waals surface area contributed by atoms with Gasteiger partial charge in [-0.15, -0.1) is 0 Å². The van der Waals surface area contributed by atoms with Crippen LogP contribution in [0.25, 0.3) is 0 Å². The number of hydrogen-bond acceptors (Lipinski definition) is 5. The highest BCUT2D eigenvalue weighted by molar-refractivity contribution is 7.89. The minimum absolute atomic E-state index is 0.149. The molecule has 1 aliphatic rings. The zero-order valence-corrected chi connectivity index (χ0v) is 19.9. The third-order valence-electron chi connectivity index (χ3n) is 5.94. The van der Waals surface area contributed by atoms with Gasteiger partial charge in [-0.2, -0.15) is 0 Å². The van der Waals surface area contributed by atoms with E-state index in [9.17, 15) is 13.2 Å². The summed E-state index contributed by atoms with van der Waals surface area (Å²) in [5.74, 6) is -0.216. The summed E-state index contributed by atoms with van der Waals surface area (Å²) < 4.78 is 27.6. The summed E-state index contributed by atoms with van der Waals surface area (Å²) in [6, 6.07) is 15.8. The standard InChI is InChI=1S/C24H34N4O3S/c1-4-19(2)26-32(30,31)22-12-10-21(11-13-22)24(29)25-23(20-8-6-5-7-9-20)18-28-16-14-27(3)15-17-28/h5-13,19,23,26H,4,14-18H2,1-3H3,(H,25,29). The van der Waals surface area contributed by atoms with E-state index in [1.54, 1.807) is 12.1 Å². The van der Waals surface area contributed by atoms with Crippen LogP contribution in [-0.4, -0.2) is 69.9 Å². The second kappa shape index (κ2) is 11.0. The second-order valence-electron chi connectivity index (χ2n) is 8.50. The van der Waals surface area contributed by atoms with E-state index in [-0.39, 0.29) is 22.9 Å². The molecule has 1 amide bonds. The van der Waals surface area contributed by atoms with Gasteiger partial charge in [0.2, 0.25) is 10.0 Å². The Balaban J connectivity index is 1.71. The second-order valence-corrected chi connectivity index (χ2v) is 10.2. The zero-order chi connectivity index (χ0) is 23.1. The molecule has 0 saturated carbocycles. The minimum Gasteiger partial charge on any atom is -0.344 e. The Morgan fingerprint density at radius 1 is 1.00 bits per heavy atom. The van der Waals surface area contributed by atoms with E-state index in [2.05, 4.69) is 26.9 Å². The molecule has 174 valence electrons. The summed E-state index contributed by atoms with van der Waals surface area (Å²) in [5.41, 5.74) is 1.49. The number of carbonyl (C=O) groups is 1. The fourth-order valence-corrected chi connectivity index (χ4v) is 4.98. The van der Waals surface area contributed by atoms with Gasteiger partial charge in [0.05, 0.1) is 10.9 Å². The normalized spacial score (nSPS) is 17.6. The highest BCUT2D eigenvalue weighted by Gasteiger charge is 2.22. The van der Waals surface area contributed by atoms with Crippen LogP contribution in [0.1, 0.15) is 42.2 Å². The van der Waals surface area contributed by atoms with Crippen molar-refractivity contribution < 1.29 is 13.2 Å². The molecule has 2 N–H and O–H groups in total. The molecule has 3 rings (SSSR count). The Hall–Kier alpha value is -2.26. The van der Waals surface area contributed by atoms with Crippen LogP contribution < -0.4 is 10.0 Å². The topological polar surface area (TPSA) is 81.7 Å². The van der Waals surface area contributed by atoms with Crippen molar-refractivity contribution in [3.8, 4) is 0 Å². The van der Waals surface area contributed by atoms with Gasteiger partial charge in [-0.1, -0.05) is 37.3 Å². The van der Waals surface area contributed by atoms with Gasteiger partial charge in [0.25, 0.3) is 5.91 Å². The van der Waals surface area contributed by atoms with Crippen molar-refractivity contribution in [1.82, 2.24) is 19.8 Å². The molecule has 2 aromatic rings. The van der Waals surface area contributed by atoms with Crippen LogP contribution in [-0.2, 0) is 10.0 Å². The first kappa shape index (κ1) is 24.4. The van der Waals surface area contributed by atoms with Crippen LogP contribution in [0.2, 0.25) is 0 Å². The van der Waals surface area contributed by atoms with Crippen LogP contribution >= 0.6 is 0 Å². The number of nitrogens with one attached hydrogen (secondary N) is 2. The molecule has 0 bridgehead atoms. The number of rotatable bonds is 9. The quantitative estimate of drug-likeness (QED) is 0.603. The van der Waals surface area contributed by atoms with Gasteiger partial charge >= 0.3 is 0 Å². The third-order valence-corrected chi connectivity index (χ3v) is 7.54. The number of sulfonamides is 1. The predicted molar refractivity (Wildman–Crippen MR) is 127 cm³/mol. The number of likely N-dealkylation sites (N-methyl/N-ethyl adjacent to an activating group) is 1. The molecule has 8 heteroatoms. The maximum absolute atomic E-state index is 13.0. The lowest BCUT2D eigenvalue weighted by Gasteiger charge is -2.35. The van der Waals surface area contributed by atoms with Crippen LogP contribution in [0.5, 0.6) is 0 Å². The van der Waals surface area contributed by atoms with Crippen molar-refractivity contribution in [2.75, 3.05) is 39.8 Å². The van der Waals surface area contributed by atoms with Crippen molar-refractivity contribution in [1.29, 1.82) is 0 Å². The summed E-state index contributed by atoms with van der Waals surface area (Å²) >= 11 is 0. The molecule has 1 heterocycles. The molecule has 2 atom stereocenters. The van der Waals surface area contributed by atoms with Crippen LogP contribution in [0.15, 0.2) is 59.5 Å². The monoisotopic (exact) mass is 458 g/mol. The van der Waals surface area contributed by atoms with Gasteiger partial charge in [-0.3, -0.25) is 9.69 Å². The largest absolute Gasteiger partial charge is 0.344 e. The molecule has 0 aliphatic carbocycles. The zero-order valence-electron chi connectivity index (χ0n) is 19.1. The van der Waals surface area contributed by atoms with Gasteiger partial charge in [-0.05, 0) is 50.2 Å². The van der Waals surface area contributed by atoms with Crippen molar-refractivity contribution in [2.24, 2.45) is 0 Å². The molecule has 0 radical (unpaired) electrons. The highest BCUT2D eigenvalue weighted by Crippen LogP contribution is 2.18. The molecular formula is C24H34N4O3S. The average molecular weight is 459 g/mol. The summed E-state index contributed by atoms with van der Waals surface area (Å²) in [6.45, 7) is 8.42. The van der Waals surface area contributed by atoms with E-state index in [1.165, 1.54) is 12.1 Å². The van der Waals surface area contributed by atoms with Crippen LogP contribution in [0.4, 0.5) is 0 Å². The highest BCUT2D eigenvalue weighted by atomic mass is 32.2. The van der Waals surface area contributed by atoms with Crippen molar-refractivity contribution in [3.05, 3.63) is 65.7 Å². The van der Waals surface area contributed by atoms with E-state index >= 15 is 0 Å². The van der Waals surface area contributed by atoms with Gasteiger partial charge in [0.15, 0.2) is 0 Å². The molecular weight excluding hydrogens is 424 g/mol. The molecule has 1 aliphatic heterocycles. The fourth-order valence-electron chi connectivity index (χ4n) is 3.65. The van der Waals surface area contributed by atoms with E-state index in [0.717, 1.165) is 38.3 Å². The first-order valence-electron chi connectivity index (χ1n) is 11.2. The molecule has 7 nitrogen and oxygen atoms in total. The Kier molecular flexibility index (Phi) is 8.42. The maximum atomic E-state index is 13.0. The van der Waals surface area contributed by atoms with Gasteiger partial charge in [0, 0.05) is 44.3 Å². The van der Waals surface area contributed by atoms with E-state index < -0.39 is 10.0 Å². The number of amides is 1. The number of piperazine rings is 1. The molecule has 0 spiro atoms. The Bertz CT molecular complexity index is 972. The Labute approximate surface area is 191 Å². The average Bonchev–Trinajstić information content (AvgIpc) is 2.80. The molecule has 2 aromatic carbocycles. The molecule has 1 saturated heterocycles. The smallest absolute Gasteiger partial charge is 0.251 e. The fraction of sp³-hybridized carbons (Fsp3) is 0.458. The Morgan fingerprint density at radius 3 is 2.22 bits per heavy atom. The van der Waals surface area contributed by atoms with E-state index in [0.29, 0.717) is 12.0 Å². The Morgan fingerprint density at radius 2 is 1.62 bits per heavy atom. The molecule has 2 unspecified atom stereocenters. The summed E-state index contributed by atoms with van der Waals surface area (Å²) in [4.78, 5) is 17.8. The van der Waals surface area contributed by atoms with Crippen molar-refractivity contribution >= 4 is 15.9 Å². The summed E-state index contributed by atoms with van der Waals surface area (Å²) in [5, 5.41) is 3.15. The van der Waals surface area contributed by atoms with E-state index in [1.807, 2.05) is 44.2 Å². The number of hydrogen-bond donors (Lipinski definition) is 2. The lowest BCUT2D eigenvalue weighted by atomic mass is 10.0. The minimum atomic E-state index is -3.60. The van der Waals surface area contributed by atoms with Crippen LogP contribution in [0.3, 0.4) is 0 Å². The number of nitrogens with zero attached hydrogens (tertiary/aromatic N) is 2. The number of benzene rings is 2. The summed E-state index contributed by atoms with van der Waals surface area (Å²) in [7, 11) is -1.48. The lowest BCUT2D eigenvalue weighted by Crippen LogP contribution is -2.47. The SMILES string of the molecule is CCC(C)NS(=O)(=O)c1ccc(C(=O)NC(CN2CCN(C)CC2)c2ccccc2)cc1. The van der Waals surface area contributed by atoms with E-state index in [4.69, 9.17) is 0 Å². The van der Waals surface area contributed by atoms with Crippen molar-refractivity contribution in [2.45, 2.75) is 37.2 Å².